The van der Waals surface area contributed by atoms with Crippen LogP contribution in [0.25, 0.3) is 11.3 Å². The zero-order valence-corrected chi connectivity index (χ0v) is 14.3. The quantitative estimate of drug-likeness (QED) is 0.660. The molecule has 3 rings (SSSR count). The highest BCUT2D eigenvalue weighted by molar-refractivity contribution is 6.33. The van der Waals surface area contributed by atoms with E-state index in [0.717, 1.165) is 0 Å². The molecule has 0 aliphatic heterocycles. The molecule has 0 bridgehead atoms. The molecule has 0 aliphatic rings. The van der Waals surface area contributed by atoms with Crippen LogP contribution >= 0.6 is 23.2 Å². The van der Waals surface area contributed by atoms with Gasteiger partial charge in [0.15, 0.2) is 5.76 Å². The van der Waals surface area contributed by atoms with Crippen LogP contribution < -0.4 is 10.6 Å². The fourth-order valence-corrected chi connectivity index (χ4v) is 2.48. The largest absolute Gasteiger partial charge is 0.451 e. The molecule has 25 heavy (non-hydrogen) atoms. The Morgan fingerprint density at radius 3 is 2.32 bits per heavy atom. The predicted molar refractivity (Wildman–Crippen MR) is 97.1 cm³/mol. The van der Waals surface area contributed by atoms with E-state index < -0.39 is 11.9 Å². The van der Waals surface area contributed by atoms with Crippen molar-refractivity contribution in [3.63, 3.8) is 0 Å². The fraction of sp³-hybridized carbons (Fsp3) is 0. The van der Waals surface area contributed by atoms with Gasteiger partial charge in [-0.3, -0.25) is 10.1 Å². The first-order chi connectivity index (χ1) is 12.0. The molecule has 3 aromatic rings. The Balaban J connectivity index is 1.66. The second kappa shape index (κ2) is 7.42. The minimum Gasteiger partial charge on any atom is -0.451 e. The smallest absolute Gasteiger partial charge is 0.326 e. The first-order valence-electron chi connectivity index (χ1n) is 7.25. The predicted octanol–water partition coefficient (Wildman–Crippen LogP) is 5.22. The molecule has 0 saturated heterocycles. The van der Waals surface area contributed by atoms with Crippen LogP contribution in [0.5, 0.6) is 0 Å². The van der Waals surface area contributed by atoms with Gasteiger partial charge >= 0.3 is 6.03 Å². The third-order valence-electron chi connectivity index (χ3n) is 3.30. The van der Waals surface area contributed by atoms with Crippen molar-refractivity contribution in [1.29, 1.82) is 0 Å². The number of rotatable bonds is 3. The highest BCUT2D eigenvalue weighted by Crippen LogP contribution is 2.29. The number of carbonyl (C=O) groups is 2. The van der Waals surface area contributed by atoms with E-state index in [9.17, 15) is 9.59 Å². The van der Waals surface area contributed by atoms with Crippen LogP contribution in [0, 0.1) is 0 Å². The maximum atomic E-state index is 12.1. The first-order valence-corrected chi connectivity index (χ1v) is 8.01. The number of urea groups is 1. The van der Waals surface area contributed by atoms with Crippen molar-refractivity contribution >= 4 is 40.8 Å². The van der Waals surface area contributed by atoms with Crippen LogP contribution in [0.3, 0.4) is 0 Å². The summed E-state index contributed by atoms with van der Waals surface area (Å²) >= 11 is 11.9. The Labute approximate surface area is 153 Å². The summed E-state index contributed by atoms with van der Waals surface area (Å²) in [7, 11) is 0. The zero-order valence-electron chi connectivity index (χ0n) is 12.8. The van der Waals surface area contributed by atoms with Crippen LogP contribution in [-0.2, 0) is 0 Å². The lowest BCUT2D eigenvalue weighted by Gasteiger charge is -2.05. The molecule has 7 heteroatoms. The fourth-order valence-electron chi connectivity index (χ4n) is 2.13. The van der Waals surface area contributed by atoms with Crippen molar-refractivity contribution in [3.8, 4) is 11.3 Å². The lowest BCUT2D eigenvalue weighted by atomic mass is 10.2. The van der Waals surface area contributed by atoms with Gasteiger partial charge in [-0.2, -0.15) is 0 Å². The summed E-state index contributed by atoms with van der Waals surface area (Å²) in [5.41, 5.74) is 1.17. The third kappa shape index (κ3) is 4.21. The van der Waals surface area contributed by atoms with Gasteiger partial charge in [-0.05, 0) is 48.5 Å². The van der Waals surface area contributed by atoms with E-state index in [1.54, 1.807) is 48.5 Å². The number of imide groups is 1. The van der Waals surface area contributed by atoms with E-state index in [-0.39, 0.29) is 5.76 Å². The molecule has 0 atom stereocenters. The van der Waals surface area contributed by atoms with Gasteiger partial charge in [-0.25, -0.2) is 4.79 Å². The molecule has 0 unspecified atom stereocenters. The number of furan rings is 1. The summed E-state index contributed by atoms with van der Waals surface area (Å²) in [5.74, 6) is -0.222. The maximum Gasteiger partial charge on any atom is 0.326 e. The first kappa shape index (κ1) is 17.1. The Morgan fingerprint density at radius 1 is 0.880 bits per heavy atom. The highest BCUT2D eigenvalue weighted by Gasteiger charge is 2.16. The molecule has 3 amide bonds. The Kier molecular flexibility index (Phi) is 5.07. The zero-order chi connectivity index (χ0) is 17.8. The minimum absolute atomic E-state index is 0.00109. The van der Waals surface area contributed by atoms with Gasteiger partial charge in [0, 0.05) is 16.3 Å². The van der Waals surface area contributed by atoms with Crippen LogP contribution in [-0.4, -0.2) is 11.9 Å². The lowest BCUT2D eigenvalue weighted by Crippen LogP contribution is -2.34. The summed E-state index contributed by atoms with van der Waals surface area (Å²) in [4.78, 5) is 24.0. The van der Waals surface area contributed by atoms with Crippen molar-refractivity contribution in [2.24, 2.45) is 0 Å². The second-order valence-corrected chi connectivity index (χ2v) is 5.90. The molecule has 1 aromatic heterocycles. The third-order valence-corrected chi connectivity index (χ3v) is 3.88. The van der Waals surface area contributed by atoms with Gasteiger partial charge in [0.1, 0.15) is 5.76 Å². The number of anilines is 1. The Morgan fingerprint density at radius 2 is 1.60 bits per heavy atom. The van der Waals surface area contributed by atoms with Crippen LogP contribution in [0.4, 0.5) is 10.5 Å². The maximum absolute atomic E-state index is 12.1. The number of nitrogens with one attached hydrogen (secondary N) is 2. The number of benzene rings is 2. The molecular weight excluding hydrogens is 363 g/mol. The number of halogens is 2. The van der Waals surface area contributed by atoms with Crippen molar-refractivity contribution < 1.29 is 14.0 Å². The molecule has 126 valence electrons. The highest BCUT2D eigenvalue weighted by atomic mass is 35.5. The van der Waals surface area contributed by atoms with Gasteiger partial charge in [0.05, 0.1) is 5.02 Å². The minimum atomic E-state index is -0.678. The van der Waals surface area contributed by atoms with Gasteiger partial charge in [0.2, 0.25) is 0 Å². The standard InChI is InChI=1S/C18H12Cl2N2O3/c19-11-5-7-12(8-6-11)21-18(24)22-17(23)16-10-9-15(25-16)13-3-1-2-4-14(13)20/h1-10H,(H2,21,22,23,24). The van der Waals surface area contributed by atoms with Crippen LogP contribution in [0.15, 0.2) is 65.1 Å². The van der Waals surface area contributed by atoms with E-state index in [0.29, 0.717) is 27.1 Å². The van der Waals surface area contributed by atoms with E-state index in [1.165, 1.54) is 6.07 Å². The van der Waals surface area contributed by atoms with Crippen molar-refractivity contribution in [2.45, 2.75) is 0 Å². The van der Waals surface area contributed by atoms with Crippen LogP contribution in [0.2, 0.25) is 10.0 Å². The lowest BCUT2D eigenvalue weighted by molar-refractivity contribution is 0.0940. The number of amides is 3. The molecule has 2 aromatic carbocycles. The van der Waals surface area contributed by atoms with Gasteiger partial charge in [0.25, 0.3) is 5.91 Å². The molecule has 1 heterocycles. The molecule has 5 nitrogen and oxygen atoms in total. The molecule has 0 saturated carbocycles. The number of carbonyl (C=O) groups excluding carboxylic acids is 2. The van der Waals surface area contributed by atoms with E-state index in [4.69, 9.17) is 27.6 Å². The van der Waals surface area contributed by atoms with Crippen LogP contribution in [0.1, 0.15) is 10.6 Å². The topological polar surface area (TPSA) is 71.3 Å². The number of hydrogen-bond acceptors (Lipinski definition) is 3. The molecule has 0 aliphatic carbocycles. The van der Waals surface area contributed by atoms with E-state index in [2.05, 4.69) is 10.6 Å². The van der Waals surface area contributed by atoms with Gasteiger partial charge in [-0.15, -0.1) is 0 Å². The average molecular weight is 375 g/mol. The van der Waals surface area contributed by atoms with E-state index >= 15 is 0 Å². The molecule has 2 N–H and O–H groups in total. The Hall–Kier alpha value is -2.76. The average Bonchev–Trinajstić information content (AvgIpc) is 3.07. The normalized spacial score (nSPS) is 10.3. The van der Waals surface area contributed by atoms with Crippen molar-refractivity contribution in [3.05, 3.63) is 76.5 Å². The summed E-state index contributed by atoms with van der Waals surface area (Å²) in [6.07, 6.45) is 0. The molecular formula is C18H12Cl2N2O3. The van der Waals surface area contributed by atoms with Gasteiger partial charge < -0.3 is 9.73 Å². The SMILES string of the molecule is O=C(NC(=O)c1ccc(-c2ccccc2Cl)o1)Nc1ccc(Cl)cc1. The summed E-state index contributed by atoms with van der Waals surface area (Å²) in [6, 6.07) is 16.0. The summed E-state index contributed by atoms with van der Waals surface area (Å²) in [6.45, 7) is 0. The van der Waals surface area contributed by atoms with Crippen molar-refractivity contribution in [2.75, 3.05) is 5.32 Å². The number of hydrogen-bond donors (Lipinski definition) is 2. The van der Waals surface area contributed by atoms with Crippen molar-refractivity contribution in [1.82, 2.24) is 5.32 Å². The molecule has 0 spiro atoms. The van der Waals surface area contributed by atoms with E-state index in [1.807, 2.05) is 6.07 Å². The second-order valence-electron chi connectivity index (χ2n) is 5.06. The Bertz CT molecular complexity index is 920. The summed E-state index contributed by atoms with van der Waals surface area (Å²) in [5, 5.41) is 5.77. The monoisotopic (exact) mass is 374 g/mol. The summed E-state index contributed by atoms with van der Waals surface area (Å²) < 4.78 is 5.49. The molecule has 0 fully saturated rings. The van der Waals surface area contributed by atoms with Gasteiger partial charge in [-0.1, -0.05) is 35.3 Å². The molecule has 0 radical (unpaired) electrons.